The largest absolute Gasteiger partial charge is 0.497 e. The van der Waals surface area contributed by atoms with Gasteiger partial charge in [0.1, 0.15) is 22.6 Å². The highest BCUT2D eigenvalue weighted by molar-refractivity contribution is 6.40. The second-order valence-electron chi connectivity index (χ2n) is 9.20. The van der Waals surface area contributed by atoms with E-state index in [1.54, 1.807) is 54.6 Å². The molecule has 0 spiro atoms. The van der Waals surface area contributed by atoms with Crippen molar-refractivity contribution in [2.45, 2.75) is 6.10 Å². The van der Waals surface area contributed by atoms with Gasteiger partial charge in [-0.1, -0.05) is 48.0 Å². The fourth-order valence-electron chi connectivity index (χ4n) is 4.66. The van der Waals surface area contributed by atoms with Crippen LogP contribution in [0.25, 0.3) is 0 Å². The van der Waals surface area contributed by atoms with Gasteiger partial charge in [-0.05, 0) is 36.4 Å². The quantitative estimate of drug-likeness (QED) is 0.0760. The van der Waals surface area contributed by atoms with E-state index in [0.717, 1.165) is 12.1 Å². The summed E-state index contributed by atoms with van der Waals surface area (Å²) in [6.07, 6.45) is -1.35. The lowest BCUT2D eigenvalue weighted by molar-refractivity contribution is -0.385. The third-order valence-corrected chi connectivity index (χ3v) is 7.06. The molecule has 43 heavy (non-hydrogen) atoms. The highest BCUT2D eigenvalue weighted by Crippen LogP contribution is 2.40. The number of anilines is 1. The lowest BCUT2D eigenvalue weighted by Crippen LogP contribution is -2.30. The average molecular weight is 601 g/mol. The van der Waals surface area contributed by atoms with Crippen molar-refractivity contribution in [2.24, 2.45) is 0 Å². The van der Waals surface area contributed by atoms with Crippen LogP contribution in [0, 0.1) is 10.1 Å². The molecule has 4 aromatic carbocycles. The van der Waals surface area contributed by atoms with Crippen LogP contribution in [0.5, 0.6) is 11.5 Å². The van der Waals surface area contributed by atoms with E-state index in [1.165, 1.54) is 32.4 Å². The predicted octanol–water partition coefficient (Wildman–Crippen LogP) is 5.85. The first-order valence-corrected chi connectivity index (χ1v) is 13.0. The van der Waals surface area contributed by atoms with Crippen LogP contribution in [0.4, 0.5) is 11.4 Å². The van der Waals surface area contributed by atoms with Gasteiger partial charge in [-0.25, -0.2) is 9.69 Å². The Balaban J connectivity index is 1.50. The number of fused-ring (bicyclic) bond motifs is 1. The SMILES string of the molecule is COc1ccc(C(=O)[C@H](OC(=O)c2cc(Cl)c(N3C(=O)c4cccc([N+](=O)[O-])c4C3=O)cc2OC)c2ccccc2)cc1. The highest BCUT2D eigenvalue weighted by Gasteiger charge is 2.43. The summed E-state index contributed by atoms with van der Waals surface area (Å²) >= 11 is 6.48. The number of nitro benzene ring substituents is 1. The Morgan fingerprint density at radius 3 is 2.21 bits per heavy atom. The molecule has 5 rings (SSSR count). The molecule has 216 valence electrons. The monoisotopic (exact) mass is 600 g/mol. The van der Waals surface area contributed by atoms with Crippen LogP contribution >= 0.6 is 11.6 Å². The van der Waals surface area contributed by atoms with Crippen molar-refractivity contribution < 1.29 is 38.3 Å². The van der Waals surface area contributed by atoms with Crippen molar-refractivity contribution in [2.75, 3.05) is 19.1 Å². The van der Waals surface area contributed by atoms with Gasteiger partial charge in [0, 0.05) is 23.3 Å². The Hall–Kier alpha value is -5.55. The van der Waals surface area contributed by atoms with E-state index in [2.05, 4.69) is 0 Å². The number of ether oxygens (including phenoxy) is 3. The number of hydrogen-bond donors (Lipinski definition) is 0. The van der Waals surface area contributed by atoms with E-state index in [9.17, 15) is 29.3 Å². The van der Waals surface area contributed by atoms with E-state index in [1.807, 2.05) is 0 Å². The number of ketones is 1. The maximum atomic E-state index is 13.5. The Bertz CT molecular complexity index is 1790. The van der Waals surface area contributed by atoms with Gasteiger partial charge >= 0.3 is 5.97 Å². The number of nitro groups is 1. The molecule has 0 saturated heterocycles. The first kappa shape index (κ1) is 29.0. The minimum atomic E-state index is -1.35. The number of carbonyl (C=O) groups is 4. The summed E-state index contributed by atoms with van der Waals surface area (Å²) in [5.41, 5.74) is -0.755. The van der Waals surface area contributed by atoms with E-state index in [4.69, 9.17) is 25.8 Å². The van der Waals surface area contributed by atoms with E-state index in [0.29, 0.717) is 16.2 Å². The highest BCUT2D eigenvalue weighted by atomic mass is 35.5. The van der Waals surface area contributed by atoms with E-state index < -0.39 is 40.3 Å². The van der Waals surface area contributed by atoms with Gasteiger partial charge in [0.25, 0.3) is 17.5 Å². The summed E-state index contributed by atoms with van der Waals surface area (Å²) in [7, 11) is 2.74. The van der Waals surface area contributed by atoms with Crippen molar-refractivity contribution >= 4 is 46.5 Å². The number of imide groups is 1. The van der Waals surface area contributed by atoms with Crippen molar-refractivity contribution in [1.82, 2.24) is 0 Å². The molecule has 0 aromatic heterocycles. The molecule has 2 amide bonds. The van der Waals surface area contributed by atoms with Crippen LogP contribution in [0.1, 0.15) is 53.1 Å². The lowest BCUT2D eigenvalue weighted by Gasteiger charge is -2.20. The number of rotatable bonds is 9. The maximum Gasteiger partial charge on any atom is 0.343 e. The van der Waals surface area contributed by atoms with Gasteiger partial charge in [0.05, 0.1) is 35.4 Å². The van der Waals surface area contributed by atoms with Gasteiger partial charge in [-0.15, -0.1) is 0 Å². The molecule has 0 N–H and O–H groups in total. The zero-order valence-corrected chi connectivity index (χ0v) is 23.4. The number of esters is 1. The van der Waals surface area contributed by atoms with Gasteiger partial charge < -0.3 is 14.2 Å². The molecule has 0 fully saturated rings. The molecule has 0 bridgehead atoms. The average Bonchev–Trinajstić information content (AvgIpc) is 3.28. The van der Waals surface area contributed by atoms with E-state index in [-0.39, 0.29) is 38.7 Å². The summed E-state index contributed by atoms with van der Waals surface area (Å²) in [6, 6.07) is 20.7. The van der Waals surface area contributed by atoms with Gasteiger partial charge in [0.15, 0.2) is 6.10 Å². The van der Waals surface area contributed by atoms with Crippen LogP contribution in [-0.2, 0) is 4.74 Å². The molecule has 11 nitrogen and oxygen atoms in total. The molecule has 0 unspecified atom stereocenters. The van der Waals surface area contributed by atoms with Crippen LogP contribution in [0.3, 0.4) is 0 Å². The minimum absolute atomic E-state index is 0.126. The van der Waals surface area contributed by atoms with Crippen LogP contribution in [0.15, 0.2) is 84.9 Å². The molecule has 1 aliphatic heterocycles. The third-order valence-electron chi connectivity index (χ3n) is 6.76. The number of Topliss-reactive ketones (excluding diaryl/α,β-unsaturated/α-hetero) is 1. The standard InChI is InChI=1S/C31H21ClN2O9/c1-41-19-13-11-17(12-14-19)27(35)28(18-7-4-3-5-8-18)43-31(38)21-15-22(32)24(16-25(21)42-2)33-29(36)20-9-6-10-23(34(39)40)26(20)30(33)37/h3-16,28H,1-2H3/t28-/m1/s1. The van der Waals surface area contributed by atoms with Crippen molar-refractivity contribution in [3.63, 3.8) is 0 Å². The Labute approximate surface area is 249 Å². The molecular weight excluding hydrogens is 580 g/mol. The molecule has 1 aliphatic rings. The minimum Gasteiger partial charge on any atom is -0.497 e. The van der Waals surface area contributed by atoms with Gasteiger partial charge in [-0.3, -0.25) is 24.5 Å². The number of carbonyl (C=O) groups excluding carboxylic acids is 4. The van der Waals surface area contributed by atoms with Crippen LogP contribution in [-0.4, -0.2) is 42.7 Å². The summed E-state index contributed by atoms with van der Waals surface area (Å²) in [5, 5.41) is 11.3. The molecule has 0 radical (unpaired) electrons. The number of hydrogen-bond acceptors (Lipinski definition) is 9. The second kappa shape index (κ2) is 11.7. The molecule has 4 aromatic rings. The fraction of sp³-hybridized carbons (Fsp3) is 0.0968. The van der Waals surface area contributed by atoms with Crippen LogP contribution < -0.4 is 14.4 Å². The molecule has 0 saturated carbocycles. The van der Waals surface area contributed by atoms with Crippen molar-refractivity contribution in [3.8, 4) is 11.5 Å². The summed E-state index contributed by atoms with van der Waals surface area (Å²) in [4.78, 5) is 64.8. The molecule has 12 heteroatoms. The smallest absolute Gasteiger partial charge is 0.343 e. The van der Waals surface area contributed by atoms with Crippen molar-refractivity contribution in [1.29, 1.82) is 0 Å². The summed E-state index contributed by atoms with van der Waals surface area (Å²) in [6.45, 7) is 0. The Morgan fingerprint density at radius 1 is 0.884 bits per heavy atom. The second-order valence-corrected chi connectivity index (χ2v) is 9.60. The third kappa shape index (κ3) is 5.29. The molecule has 1 atom stereocenters. The Kier molecular flexibility index (Phi) is 7.91. The van der Waals surface area contributed by atoms with Crippen LogP contribution in [0.2, 0.25) is 5.02 Å². The fourth-order valence-corrected chi connectivity index (χ4v) is 4.91. The number of nitrogens with zero attached hydrogens (tertiary/aromatic N) is 2. The Morgan fingerprint density at radius 2 is 1.58 bits per heavy atom. The van der Waals surface area contributed by atoms with Gasteiger partial charge in [-0.2, -0.15) is 0 Å². The first-order valence-electron chi connectivity index (χ1n) is 12.6. The maximum absolute atomic E-state index is 13.5. The topological polar surface area (TPSA) is 142 Å². The predicted molar refractivity (Wildman–Crippen MR) is 154 cm³/mol. The first-order chi connectivity index (χ1) is 20.7. The molecule has 1 heterocycles. The normalized spacial score (nSPS) is 12.9. The zero-order valence-electron chi connectivity index (χ0n) is 22.6. The van der Waals surface area contributed by atoms with E-state index >= 15 is 0 Å². The number of amides is 2. The van der Waals surface area contributed by atoms with Gasteiger partial charge in [0.2, 0.25) is 5.78 Å². The lowest BCUT2D eigenvalue weighted by atomic mass is 9.99. The summed E-state index contributed by atoms with van der Waals surface area (Å²) in [5.74, 6) is -2.86. The van der Waals surface area contributed by atoms with Crippen molar-refractivity contribution in [3.05, 3.63) is 128 Å². The molecule has 0 aliphatic carbocycles. The number of benzene rings is 4. The zero-order chi connectivity index (χ0) is 30.8. The number of methoxy groups -OCH3 is 2. The summed E-state index contributed by atoms with van der Waals surface area (Å²) < 4.78 is 16.2. The number of halogens is 1. The molecular formula is C31H21ClN2O9.